The van der Waals surface area contributed by atoms with Crippen LogP contribution in [0.5, 0.6) is 0 Å². The summed E-state index contributed by atoms with van der Waals surface area (Å²) >= 11 is 0. The van der Waals surface area contributed by atoms with Crippen LogP contribution < -0.4 is 10.6 Å². The Morgan fingerprint density at radius 2 is 2.12 bits per heavy atom. The normalized spacial score (nSPS) is 36.0. The average molecular weight is 240 g/mol. The van der Waals surface area contributed by atoms with Crippen LogP contribution in [0.25, 0.3) is 0 Å². The molecule has 2 unspecified atom stereocenters. The van der Waals surface area contributed by atoms with Crippen molar-refractivity contribution in [3.05, 3.63) is 0 Å². The van der Waals surface area contributed by atoms with E-state index in [1.165, 1.54) is 38.6 Å². The minimum Gasteiger partial charge on any atom is -0.393 e. The molecule has 1 heterocycles. The third-order valence-electron chi connectivity index (χ3n) is 4.27. The number of aliphatic hydroxyl groups is 1. The molecule has 3 heteroatoms. The van der Waals surface area contributed by atoms with E-state index < -0.39 is 0 Å². The molecule has 2 fully saturated rings. The van der Waals surface area contributed by atoms with E-state index in [9.17, 15) is 5.11 Å². The summed E-state index contributed by atoms with van der Waals surface area (Å²) in [4.78, 5) is 0. The molecule has 0 aromatic heterocycles. The monoisotopic (exact) mass is 240 g/mol. The Labute approximate surface area is 105 Å². The largest absolute Gasteiger partial charge is 0.393 e. The van der Waals surface area contributed by atoms with Crippen molar-refractivity contribution in [3.8, 4) is 0 Å². The van der Waals surface area contributed by atoms with Gasteiger partial charge < -0.3 is 15.7 Å². The van der Waals surface area contributed by atoms with Crippen molar-refractivity contribution in [2.45, 2.75) is 70.1 Å². The van der Waals surface area contributed by atoms with Gasteiger partial charge in [-0.05, 0) is 58.0 Å². The predicted octanol–water partition coefficient (Wildman–Crippen LogP) is 1.66. The second-order valence-corrected chi connectivity index (χ2v) is 6.04. The van der Waals surface area contributed by atoms with Crippen LogP contribution >= 0.6 is 0 Å². The number of nitrogens with one attached hydrogen (secondary N) is 2. The molecule has 2 aliphatic rings. The van der Waals surface area contributed by atoms with Gasteiger partial charge in [-0.15, -0.1) is 0 Å². The molecule has 100 valence electrons. The summed E-state index contributed by atoms with van der Waals surface area (Å²) in [5, 5.41) is 16.5. The Bertz CT molecular complexity index is 208. The Morgan fingerprint density at radius 3 is 2.88 bits per heavy atom. The smallest absolute Gasteiger partial charge is 0.0546 e. The highest BCUT2D eigenvalue weighted by Crippen LogP contribution is 2.26. The summed E-state index contributed by atoms with van der Waals surface area (Å²) in [5.74, 6) is 0.717. The fraction of sp³-hybridized carbons (Fsp3) is 1.00. The van der Waals surface area contributed by atoms with Gasteiger partial charge >= 0.3 is 0 Å². The summed E-state index contributed by atoms with van der Waals surface area (Å²) in [6.45, 7) is 4.58. The Kier molecular flexibility index (Phi) is 5.26. The molecule has 0 spiro atoms. The first-order chi connectivity index (χ1) is 8.24. The lowest BCUT2D eigenvalue weighted by Gasteiger charge is -2.33. The van der Waals surface area contributed by atoms with Crippen LogP contribution in [0.15, 0.2) is 0 Å². The van der Waals surface area contributed by atoms with Crippen molar-refractivity contribution in [3.63, 3.8) is 0 Å². The molecule has 0 amide bonds. The minimum atomic E-state index is -0.0133. The van der Waals surface area contributed by atoms with Crippen LogP contribution in [0.3, 0.4) is 0 Å². The lowest BCUT2D eigenvalue weighted by molar-refractivity contribution is 0.0418. The maximum absolute atomic E-state index is 9.24. The Morgan fingerprint density at radius 1 is 1.29 bits per heavy atom. The lowest BCUT2D eigenvalue weighted by atomic mass is 9.82. The molecule has 1 aliphatic carbocycles. The van der Waals surface area contributed by atoms with Gasteiger partial charge in [0.2, 0.25) is 0 Å². The van der Waals surface area contributed by atoms with E-state index in [2.05, 4.69) is 17.6 Å². The van der Waals surface area contributed by atoms with Crippen molar-refractivity contribution in [2.75, 3.05) is 13.1 Å². The zero-order valence-electron chi connectivity index (χ0n) is 11.1. The lowest BCUT2D eigenvalue weighted by Crippen LogP contribution is -2.42. The topological polar surface area (TPSA) is 44.3 Å². The molecule has 0 radical (unpaired) electrons. The van der Waals surface area contributed by atoms with E-state index in [4.69, 9.17) is 0 Å². The van der Waals surface area contributed by atoms with Crippen molar-refractivity contribution in [1.82, 2.24) is 10.6 Å². The molecule has 3 nitrogen and oxygen atoms in total. The Hall–Kier alpha value is -0.120. The first kappa shape index (κ1) is 13.3. The second-order valence-electron chi connectivity index (χ2n) is 6.04. The van der Waals surface area contributed by atoms with Gasteiger partial charge in [-0.2, -0.15) is 0 Å². The van der Waals surface area contributed by atoms with Crippen LogP contribution in [-0.4, -0.2) is 36.4 Å². The van der Waals surface area contributed by atoms with E-state index >= 15 is 0 Å². The Balaban J connectivity index is 1.57. The van der Waals surface area contributed by atoms with Gasteiger partial charge in [0, 0.05) is 12.1 Å². The standard InChI is InChI=1S/C14H28N2O/c1-11(16-10-12-8-14(17)9-12)7-13-5-3-2-4-6-15-13/h11-17H,2-10H2,1H3. The zero-order chi connectivity index (χ0) is 12.1. The molecule has 1 aliphatic heterocycles. The molecule has 2 rings (SSSR count). The van der Waals surface area contributed by atoms with Crippen molar-refractivity contribution in [1.29, 1.82) is 0 Å². The zero-order valence-corrected chi connectivity index (χ0v) is 11.1. The van der Waals surface area contributed by atoms with E-state index in [0.29, 0.717) is 12.1 Å². The molecule has 0 bridgehead atoms. The van der Waals surface area contributed by atoms with Gasteiger partial charge in [0.05, 0.1) is 6.10 Å². The van der Waals surface area contributed by atoms with Crippen LogP contribution in [0.1, 0.15) is 51.9 Å². The van der Waals surface area contributed by atoms with Crippen molar-refractivity contribution in [2.24, 2.45) is 5.92 Å². The fourth-order valence-corrected chi connectivity index (χ4v) is 3.05. The number of hydrogen-bond donors (Lipinski definition) is 3. The van der Waals surface area contributed by atoms with E-state index in [1.807, 2.05) is 0 Å². The van der Waals surface area contributed by atoms with E-state index in [0.717, 1.165) is 25.3 Å². The summed E-state index contributed by atoms with van der Waals surface area (Å²) in [6.07, 6.45) is 8.70. The fourth-order valence-electron chi connectivity index (χ4n) is 3.05. The molecular formula is C14H28N2O. The highest BCUT2D eigenvalue weighted by Gasteiger charge is 2.27. The van der Waals surface area contributed by atoms with Crippen LogP contribution in [0, 0.1) is 5.92 Å². The number of aliphatic hydroxyl groups excluding tert-OH is 1. The molecule has 0 aromatic rings. The summed E-state index contributed by atoms with van der Waals surface area (Å²) in [7, 11) is 0. The van der Waals surface area contributed by atoms with Gasteiger partial charge in [0.25, 0.3) is 0 Å². The summed E-state index contributed by atoms with van der Waals surface area (Å²) in [5.41, 5.74) is 0. The number of hydrogen-bond acceptors (Lipinski definition) is 3. The molecular weight excluding hydrogens is 212 g/mol. The maximum Gasteiger partial charge on any atom is 0.0546 e. The van der Waals surface area contributed by atoms with E-state index in [-0.39, 0.29) is 6.10 Å². The van der Waals surface area contributed by atoms with Gasteiger partial charge in [0.15, 0.2) is 0 Å². The second kappa shape index (κ2) is 6.72. The molecule has 17 heavy (non-hydrogen) atoms. The highest BCUT2D eigenvalue weighted by molar-refractivity contribution is 4.82. The van der Waals surface area contributed by atoms with Gasteiger partial charge in [-0.1, -0.05) is 12.8 Å². The van der Waals surface area contributed by atoms with Crippen molar-refractivity contribution >= 4 is 0 Å². The first-order valence-electron chi connectivity index (χ1n) is 7.39. The maximum atomic E-state index is 9.24. The van der Waals surface area contributed by atoms with Crippen LogP contribution in [0.4, 0.5) is 0 Å². The summed E-state index contributed by atoms with van der Waals surface area (Å²) in [6, 6.07) is 1.32. The molecule has 1 saturated carbocycles. The van der Waals surface area contributed by atoms with Crippen molar-refractivity contribution < 1.29 is 5.11 Å². The number of rotatable bonds is 5. The van der Waals surface area contributed by atoms with Crippen LogP contribution in [0.2, 0.25) is 0 Å². The van der Waals surface area contributed by atoms with Gasteiger partial charge in [-0.3, -0.25) is 0 Å². The summed E-state index contributed by atoms with van der Waals surface area (Å²) < 4.78 is 0. The van der Waals surface area contributed by atoms with Crippen LogP contribution in [-0.2, 0) is 0 Å². The van der Waals surface area contributed by atoms with Gasteiger partial charge in [-0.25, -0.2) is 0 Å². The third-order valence-corrected chi connectivity index (χ3v) is 4.27. The third kappa shape index (κ3) is 4.57. The quantitative estimate of drug-likeness (QED) is 0.685. The predicted molar refractivity (Wildman–Crippen MR) is 71.1 cm³/mol. The van der Waals surface area contributed by atoms with E-state index in [1.54, 1.807) is 0 Å². The molecule has 3 N–H and O–H groups in total. The highest BCUT2D eigenvalue weighted by atomic mass is 16.3. The SMILES string of the molecule is CC(CC1CCCCCN1)NCC1CC(O)C1. The minimum absolute atomic E-state index is 0.0133. The molecule has 1 saturated heterocycles. The average Bonchev–Trinajstić information content (AvgIpc) is 2.51. The van der Waals surface area contributed by atoms with Gasteiger partial charge in [0.1, 0.15) is 0 Å². The molecule has 2 atom stereocenters. The first-order valence-corrected chi connectivity index (χ1v) is 7.39. The molecule has 0 aromatic carbocycles.